The van der Waals surface area contributed by atoms with E-state index in [0.717, 1.165) is 0 Å². The van der Waals surface area contributed by atoms with Gasteiger partial charge in [-0.3, -0.25) is 19.9 Å². The first-order valence-electron chi connectivity index (χ1n) is 4.94. The van der Waals surface area contributed by atoms with Crippen LogP contribution in [0.3, 0.4) is 0 Å². The van der Waals surface area contributed by atoms with E-state index in [1.807, 2.05) is 24.8 Å². The predicted octanol–water partition coefficient (Wildman–Crippen LogP) is -3.80. The van der Waals surface area contributed by atoms with Crippen molar-refractivity contribution in [3.63, 3.8) is 0 Å². The summed E-state index contributed by atoms with van der Waals surface area (Å²) in [6.07, 6.45) is 11.6. The number of rotatable bonds is 2. The van der Waals surface area contributed by atoms with Crippen molar-refractivity contribution in [3.8, 4) is 0 Å². The Morgan fingerprint density at radius 3 is 1.71 bits per heavy atom. The number of aromatic nitrogens is 4. The minimum atomic E-state index is -0.961. The molecule has 0 amide bonds. The lowest BCUT2D eigenvalue weighted by Crippen LogP contribution is -3.00. The number of carboxylic acid groups (broad SMARTS) is 1. The average molecular weight is 305 g/mol. The van der Waals surface area contributed by atoms with Gasteiger partial charge in [-0.1, -0.05) is 13.3 Å². The van der Waals surface area contributed by atoms with Gasteiger partial charge in [0.05, 0.1) is 0 Å². The molecule has 96 valence electrons. The number of nitrogens with one attached hydrogen (secondary N) is 4. The van der Waals surface area contributed by atoms with Gasteiger partial charge in [0.2, 0.25) is 12.7 Å². The molecule has 0 spiro atoms. The Morgan fingerprint density at radius 2 is 1.65 bits per heavy atom. The van der Waals surface area contributed by atoms with Crippen LogP contribution in [0.1, 0.15) is 19.8 Å². The highest BCUT2D eigenvalue weighted by Crippen LogP contribution is 1.79. The smallest absolute Gasteiger partial charge is 0.239 e. The number of carbonyl (C=O) groups is 1. The van der Waals surface area contributed by atoms with E-state index in [0.29, 0.717) is 6.42 Å². The van der Waals surface area contributed by atoms with Crippen LogP contribution >= 0.6 is 0 Å². The topological polar surface area (TPSA) is 100.0 Å². The quantitative estimate of drug-likeness (QED) is 0.594. The Labute approximate surface area is 110 Å². The fraction of sp³-hybridized carbons (Fsp3) is 0.300. The highest BCUT2D eigenvalue weighted by atomic mass is 79.9. The highest BCUT2D eigenvalue weighted by Gasteiger charge is 1.75. The van der Waals surface area contributed by atoms with Crippen LogP contribution in [0.4, 0.5) is 0 Å². The van der Waals surface area contributed by atoms with Crippen molar-refractivity contribution in [1.82, 2.24) is 9.97 Å². The molecule has 0 aromatic carbocycles. The molecular formula is C10H17BrN4O2. The van der Waals surface area contributed by atoms with Gasteiger partial charge in [-0.2, -0.15) is 0 Å². The summed E-state index contributed by atoms with van der Waals surface area (Å²) in [6, 6.07) is 0. The van der Waals surface area contributed by atoms with Crippen LogP contribution in [0.25, 0.3) is 0 Å². The zero-order chi connectivity index (χ0) is 12.1. The van der Waals surface area contributed by atoms with Gasteiger partial charge >= 0.3 is 0 Å². The van der Waals surface area contributed by atoms with Gasteiger partial charge in [0.1, 0.15) is 24.8 Å². The van der Waals surface area contributed by atoms with E-state index in [2.05, 4.69) is 19.9 Å². The first-order chi connectivity index (χ1) is 7.77. The number of H-pyrrole nitrogens is 4. The van der Waals surface area contributed by atoms with Gasteiger partial charge in [-0.05, 0) is 6.42 Å². The van der Waals surface area contributed by atoms with Crippen LogP contribution in [0.5, 0.6) is 0 Å². The number of aliphatic carboxylic acids is 1. The van der Waals surface area contributed by atoms with E-state index in [-0.39, 0.29) is 23.4 Å². The number of halogens is 1. The van der Waals surface area contributed by atoms with Crippen molar-refractivity contribution < 1.29 is 36.9 Å². The van der Waals surface area contributed by atoms with Crippen molar-refractivity contribution in [2.75, 3.05) is 0 Å². The first kappa shape index (κ1) is 17.8. The molecule has 4 N–H and O–H groups in total. The maximum absolute atomic E-state index is 9.49. The molecule has 17 heavy (non-hydrogen) atoms. The monoisotopic (exact) mass is 304 g/mol. The summed E-state index contributed by atoms with van der Waals surface area (Å²) in [5.74, 6) is -0.961. The summed E-state index contributed by atoms with van der Waals surface area (Å²) >= 11 is 0. The van der Waals surface area contributed by atoms with Crippen LogP contribution in [-0.4, -0.2) is 15.9 Å². The third-order valence-corrected chi connectivity index (χ3v) is 1.34. The van der Waals surface area contributed by atoms with E-state index < -0.39 is 5.97 Å². The van der Waals surface area contributed by atoms with Crippen molar-refractivity contribution in [2.45, 2.75) is 19.8 Å². The second kappa shape index (κ2) is 14.4. The van der Waals surface area contributed by atoms with E-state index in [1.54, 1.807) is 19.6 Å². The van der Waals surface area contributed by atoms with Gasteiger partial charge in [0, 0.05) is 5.97 Å². The minimum Gasteiger partial charge on any atom is -1.00 e. The largest absolute Gasteiger partial charge is 1.00 e. The Kier molecular flexibility index (Phi) is 15.0. The van der Waals surface area contributed by atoms with Crippen molar-refractivity contribution in [3.05, 3.63) is 37.4 Å². The third kappa shape index (κ3) is 17.0. The number of hydrogen-bond donors (Lipinski definition) is 2. The summed E-state index contributed by atoms with van der Waals surface area (Å²) in [6.45, 7) is 1.80. The zero-order valence-electron chi connectivity index (χ0n) is 9.57. The maximum Gasteiger partial charge on any atom is 0.239 e. The lowest BCUT2D eigenvalue weighted by Gasteiger charge is -1.92. The molecule has 0 atom stereocenters. The summed E-state index contributed by atoms with van der Waals surface area (Å²) in [5.41, 5.74) is 0. The molecule has 0 aliphatic rings. The standard InChI is InChI=1S/C4H8O2.2C3H4N2.BrH/c1-2-3-4(5)6;2*1-2-5-3-4-1;/h2-3H2,1H3,(H,5,6);2*1-3H,(H,4,5);1H. The molecule has 0 aliphatic carbocycles. The summed E-state index contributed by atoms with van der Waals surface area (Å²) in [5, 5.41) is 9.49. The molecule has 0 saturated carbocycles. The van der Waals surface area contributed by atoms with E-state index in [1.165, 1.54) is 0 Å². The summed E-state index contributed by atoms with van der Waals surface area (Å²) < 4.78 is 0. The minimum absolute atomic E-state index is 0. The molecule has 2 heterocycles. The maximum atomic E-state index is 9.49. The lowest BCUT2D eigenvalue weighted by atomic mass is 10.4. The van der Waals surface area contributed by atoms with Crippen LogP contribution in [0.2, 0.25) is 0 Å². The van der Waals surface area contributed by atoms with Gasteiger partial charge in [0.15, 0.2) is 0 Å². The summed E-state index contributed by atoms with van der Waals surface area (Å²) in [7, 11) is 0. The molecule has 0 unspecified atom stereocenters. The average Bonchev–Trinajstić information content (AvgIpc) is 2.98. The number of carboxylic acids is 1. The normalized spacial score (nSPS) is 7.59. The molecular weight excluding hydrogens is 288 g/mol. The fourth-order valence-corrected chi connectivity index (χ4v) is 0.685. The van der Waals surface area contributed by atoms with E-state index in [4.69, 9.17) is 0 Å². The predicted molar refractivity (Wildman–Crippen MR) is 54.6 cm³/mol. The molecule has 0 saturated heterocycles. The third-order valence-electron chi connectivity index (χ3n) is 1.34. The SMILES string of the molecule is CCCC(=O)[O-].[Br-].c1c[nH+]c[nH]1.c1c[nH+]c[nH]1. The molecule has 2 aromatic heterocycles. The van der Waals surface area contributed by atoms with E-state index >= 15 is 0 Å². The molecule has 7 heteroatoms. The summed E-state index contributed by atoms with van der Waals surface area (Å²) in [4.78, 5) is 20.7. The molecule has 2 rings (SSSR count). The fourth-order valence-electron chi connectivity index (χ4n) is 0.685. The van der Waals surface area contributed by atoms with Crippen LogP contribution in [-0.2, 0) is 4.79 Å². The van der Waals surface area contributed by atoms with Gasteiger partial charge in [-0.25, -0.2) is 0 Å². The van der Waals surface area contributed by atoms with Gasteiger partial charge < -0.3 is 26.9 Å². The van der Waals surface area contributed by atoms with E-state index in [9.17, 15) is 9.90 Å². The molecule has 6 nitrogen and oxygen atoms in total. The molecule has 0 fully saturated rings. The van der Waals surface area contributed by atoms with Gasteiger partial charge in [-0.15, -0.1) is 0 Å². The second-order valence-corrected chi connectivity index (χ2v) is 2.74. The zero-order valence-corrected chi connectivity index (χ0v) is 11.2. The molecule has 0 bridgehead atoms. The number of hydrogen-bond acceptors (Lipinski definition) is 2. The van der Waals surface area contributed by atoms with Crippen molar-refractivity contribution in [1.29, 1.82) is 0 Å². The first-order valence-corrected chi connectivity index (χ1v) is 4.94. The number of imidazole rings is 2. The van der Waals surface area contributed by atoms with Crippen molar-refractivity contribution in [2.24, 2.45) is 0 Å². The van der Waals surface area contributed by atoms with Crippen LogP contribution in [0.15, 0.2) is 37.4 Å². The Bertz CT molecular complexity index is 263. The second-order valence-electron chi connectivity index (χ2n) is 2.74. The lowest BCUT2D eigenvalue weighted by molar-refractivity contribution is -0.376. The molecule has 0 radical (unpaired) electrons. The Morgan fingerprint density at radius 1 is 1.18 bits per heavy atom. The van der Waals surface area contributed by atoms with Gasteiger partial charge in [0.25, 0.3) is 0 Å². The van der Waals surface area contributed by atoms with Crippen molar-refractivity contribution >= 4 is 5.97 Å². The van der Waals surface area contributed by atoms with Crippen LogP contribution < -0.4 is 32.1 Å². The number of carbonyl (C=O) groups excluding carboxylic acids is 1. The Balaban J connectivity index is 0. The highest BCUT2D eigenvalue weighted by molar-refractivity contribution is 5.63. The molecule has 0 aliphatic heterocycles. The van der Waals surface area contributed by atoms with Crippen LogP contribution in [0, 0.1) is 0 Å². The Hall–Kier alpha value is -1.63. The number of aromatic amines is 4. The molecule has 2 aromatic rings.